The Morgan fingerprint density at radius 1 is 1.22 bits per heavy atom. The molecule has 1 aromatic heterocycles. The highest BCUT2D eigenvalue weighted by atomic mass is 32.1. The van der Waals surface area contributed by atoms with E-state index < -0.39 is 0 Å². The number of aryl methyl sites for hydroxylation is 1. The van der Waals surface area contributed by atoms with Crippen molar-refractivity contribution < 1.29 is 4.74 Å². The monoisotopic (exact) mass is 327 g/mol. The number of hydrogen-bond acceptors (Lipinski definition) is 3. The van der Waals surface area contributed by atoms with Crippen LogP contribution in [0.25, 0.3) is 0 Å². The fraction of sp³-hybridized carbons (Fsp3) is 0.500. The van der Waals surface area contributed by atoms with E-state index in [1.807, 2.05) is 18.4 Å². The molecule has 2 nitrogen and oxygen atoms in total. The SMILES string of the molecule is COC1CC(c2cccs2)CN1C1(C)CCCc2ccccc21. The number of likely N-dealkylation sites (tertiary alicyclic amines) is 1. The Morgan fingerprint density at radius 3 is 2.87 bits per heavy atom. The van der Waals surface area contributed by atoms with Gasteiger partial charge in [0.05, 0.1) is 0 Å². The largest absolute Gasteiger partial charge is 0.366 e. The molecule has 0 N–H and O–H groups in total. The van der Waals surface area contributed by atoms with E-state index in [9.17, 15) is 0 Å². The van der Waals surface area contributed by atoms with Gasteiger partial charge in [-0.05, 0) is 55.2 Å². The van der Waals surface area contributed by atoms with Gasteiger partial charge >= 0.3 is 0 Å². The fourth-order valence-electron chi connectivity index (χ4n) is 4.59. The van der Waals surface area contributed by atoms with Gasteiger partial charge in [-0.25, -0.2) is 0 Å². The minimum atomic E-state index is 0.0987. The van der Waals surface area contributed by atoms with Crippen LogP contribution in [0.4, 0.5) is 0 Å². The first-order chi connectivity index (χ1) is 11.2. The summed E-state index contributed by atoms with van der Waals surface area (Å²) in [5.41, 5.74) is 3.14. The van der Waals surface area contributed by atoms with Gasteiger partial charge in [0, 0.05) is 30.0 Å². The lowest BCUT2D eigenvalue weighted by Gasteiger charge is -2.45. The molecule has 1 aromatic carbocycles. The van der Waals surface area contributed by atoms with Gasteiger partial charge in [-0.15, -0.1) is 11.3 Å². The van der Waals surface area contributed by atoms with Gasteiger partial charge in [-0.2, -0.15) is 0 Å². The van der Waals surface area contributed by atoms with Gasteiger partial charge in [0.1, 0.15) is 6.23 Å². The Kier molecular flexibility index (Phi) is 4.04. The van der Waals surface area contributed by atoms with Gasteiger partial charge in [0.15, 0.2) is 0 Å². The van der Waals surface area contributed by atoms with Gasteiger partial charge in [-0.1, -0.05) is 30.3 Å². The molecule has 3 unspecified atom stereocenters. The standard InChI is InChI=1S/C20H25NOS/c1-20(11-5-8-15-7-3-4-9-17(15)20)21-14-16(13-19(21)22-2)18-10-6-12-23-18/h3-4,6-7,9-10,12,16,19H,5,8,11,13-14H2,1-2H3. The molecular formula is C20H25NOS. The molecule has 1 fully saturated rings. The Morgan fingerprint density at radius 2 is 2.09 bits per heavy atom. The minimum Gasteiger partial charge on any atom is -0.366 e. The predicted molar refractivity (Wildman–Crippen MR) is 95.9 cm³/mol. The summed E-state index contributed by atoms with van der Waals surface area (Å²) in [7, 11) is 1.87. The highest BCUT2D eigenvalue weighted by Gasteiger charge is 2.46. The van der Waals surface area contributed by atoms with Crippen LogP contribution in [0.3, 0.4) is 0 Å². The van der Waals surface area contributed by atoms with E-state index in [2.05, 4.69) is 53.6 Å². The van der Waals surface area contributed by atoms with E-state index in [-0.39, 0.29) is 11.8 Å². The second-order valence-corrected chi connectivity index (χ2v) is 8.05. The van der Waals surface area contributed by atoms with E-state index >= 15 is 0 Å². The first-order valence-electron chi connectivity index (χ1n) is 8.64. The molecule has 23 heavy (non-hydrogen) atoms. The smallest absolute Gasteiger partial charge is 0.111 e. The third kappa shape index (κ3) is 2.55. The maximum atomic E-state index is 5.92. The van der Waals surface area contributed by atoms with Crippen molar-refractivity contribution in [2.24, 2.45) is 0 Å². The van der Waals surface area contributed by atoms with Crippen LogP contribution < -0.4 is 0 Å². The molecule has 0 spiro atoms. The molecule has 1 saturated heterocycles. The van der Waals surface area contributed by atoms with Crippen LogP contribution in [0.15, 0.2) is 41.8 Å². The number of rotatable bonds is 3. The Hall–Kier alpha value is -1.16. The summed E-state index contributed by atoms with van der Waals surface area (Å²) in [5, 5.41) is 2.19. The number of hydrogen-bond donors (Lipinski definition) is 0. The molecular weight excluding hydrogens is 302 g/mol. The highest BCUT2D eigenvalue weighted by molar-refractivity contribution is 7.10. The van der Waals surface area contributed by atoms with Crippen LogP contribution in [-0.2, 0) is 16.7 Å². The third-order valence-corrected chi connectivity index (χ3v) is 6.84. The zero-order chi connectivity index (χ0) is 15.9. The van der Waals surface area contributed by atoms with Crippen molar-refractivity contribution in [3.05, 3.63) is 57.8 Å². The molecule has 122 valence electrons. The first kappa shape index (κ1) is 15.4. The van der Waals surface area contributed by atoms with Crippen molar-refractivity contribution in [3.8, 4) is 0 Å². The van der Waals surface area contributed by atoms with Crippen molar-refractivity contribution in [3.63, 3.8) is 0 Å². The van der Waals surface area contributed by atoms with Crippen molar-refractivity contribution in [2.45, 2.75) is 50.3 Å². The molecule has 0 radical (unpaired) electrons. The molecule has 2 aromatic rings. The number of nitrogens with zero attached hydrogens (tertiary/aromatic N) is 1. The van der Waals surface area contributed by atoms with E-state index in [0.717, 1.165) is 13.0 Å². The number of methoxy groups -OCH3 is 1. The minimum absolute atomic E-state index is 0.0987. The number of thiophene rings is 1. The molecule has 3 heteroatoms. The van der Waals surface area contributed by atoms with E-state index in [1.54, 1.807) is 0 Å². The van der Waals surface area contributed by atoms with Crippen molar-refractivity contribution in [1.82, 2.24) is 4.90 Å². The summed E-state index contributed by atoms with van der Waals surface area (Å²) in [4.78, 5) is 4.14. The van der Waals surface area contributed by atoms with Crippen molar-refractivity contribution >= 4 is 11.3 Å². The summed E-state index contributed by atoms with van der Waals surface area (Å²) in [6, 6.07) is 13.5. The van der Waals surface area contributed by atoms with E-state index in [0.29, 0.717) is 5.92 Å². The lowest BCUT2D eigenvalue weighted by molar-refractivity contribution is -0.0677. The van der Waals surface area contributed by atoms with E-state index in [4.69, 9.17) is 4.74 Å². The molecule has 3 atom stereocenters. The first-order valence-corrected chi connectivity index (χ1v) is 9.51. The van der Waals surface area contributed by atoms with Gasteiger partial charge < -0.3 is 4.74 Å². The molecule has 0 saturated carbocycles. The lowest BCUT2D eigenvalue weighted by atomic mass is 9.76. The molecule has 2 aliphatic rings. The van der Waals surface area contributed by atoms with Gasteiger partial charge in [0.2, 0.25) is 0 Å². The summed E-state index contributed by atoms with van der Waals surface area (Å²) in [6.07, 6.45) is 5.03. The zero-order valence-electron chi connectivity index (χ0n) is 14.0. The van der Waals surface area contributed by atoms with Crippen LogP contribution in [0.2, 0.25) is 0 Å². The average Bonchev–Trinajstić information content (AvgIpc) is 3.24. The Labute approximate surface area is 143 Å². The molecule has 2 heterocycles. The second kappa shape index (κ2) is 6.04. The Bertz CT molecular complexity index is 668. The molecule has 4 rings (SSSR count). The number of benzene rings is 1. The quantitative estimate of drug-likeness (QED) is 0.806. The molecule has 0 amide bonds. The normalized spacial score (nSPS) is 31.2. The van der Waals surface area contributed by atoms with Gasteiger partial charge in [-0.3, -0.25) is 4.90 Å². The van der Waals surface area contributed by atoms with Gasteiger partial charge in [0.25, 0.3) is 0 Å². The van der Waals surface area contributed by atoms with Crippen LogP contribution in [0.5, 0.6) is 0 Å². The van der Waals surface area contributed by atoms with Crippen LogP contribution >= 0.6 is 11.3 Å². The summed E-state index contributed by atoms with van der Waals surface area (Å²) >= 11 is 1.88. The maximum absolute atomic E-state index is 5.92. The fourth-order valence-corrected chi connectivity index (χ4v) is 5.43. The summed E-state index contributed by atoms with van der Waals surface area (Å²) < 4.78 is 5.92. The Balaban J connectivity index is 1.69. The lowest BCUT2D eigenvalue weighted by Crippen LogP contribution is -2.49. The maximum Gasteiger partial charge on any atom is 0.111 e. The van der Waals surface area contributed by atoms with Crippen LogP contribution in [0, 0.1) is 0 Å². The molecule has 1 aliphatic heterocycles. The predicted octanol–water partition coefficient (Wildman–Crippen LogP) is 4.76. The van der Waals surface area contributed by atoms with Crippen molar-refractivity contribution in [1.29, 1.82) is 0 Å². The van der Waals surface area contributed by atoms with Crippen LogP contribution in [-0.4, -0.2) is 24.8 Å². The zero-order valence-corrected chi connectivity index (χ0v) is 14.8. The summed E-state index contributed by atoms with van der Waals surface area (Å²) in [6.45, 7) is 3.53. The molecule has 1 aliphatic carbocycles. The second-order valence-electron chi connectivity index (χ2n) is 7.08. The number of fused-ring (bicyclic) bond motifs is 1. The highest BCUT2D eigenvalue weighted by Crippen LogP contribution is 2.46. The summed E-state index contributed by atoms with van der Waals surface area (Å²) in [5.74, 6) is 0.603. The van der Waals surface area contributed by atoms with Crippen LogP contribution in [0.1, 0.15) is 48.1 Å². The average molecular weight is 327 g/mol. The molecule has 0 bridgehead atoms. The third-order valence-electron chi connectivity index (χ3n) is 5.81. The topological polar surface area (TPSA) is 12.5 Å². The number of ether oxygens (including phenoxy) is 1. The van der Waals surface area contributed by atoms with Crippen molar-refractivity contribution in [2.75, 3.05) is 13.7 Å². The van der Waals surface area contributed by atoms with E-state index in [1.165, 1.54) is 35.3 Å².